The van der Waals surface area contributed by atoms with E-state index in [9.17, 15) is 0 Å². The number of para-hydroxylation sites is 6. The highest BCUT2D eigenvalue weighted by Gasteiger charge is 2.57. The molecule has 0 amide bonds. The summed E-state index contributed by atoms with van der Waals surface area (Å²) < 4.78 is 49.7. The van der Waals surface area contributed by atoms with E-state index in [0.29, 0.717) is 34.5 Å². The fraction of sp³-hybridized carbons (Fsp3) is 0.250. The second-order valence-corrected chi connectivity index (χ2v) is 16.0. The van der Waals surface area contributed by atoms with Crippen LogP contribution in [0.1, 0.15) is 79.6 Å². The van der Waals surface area contributed by atoms with E-state index in [1.54, 1.807) is 0 Å². The first-order chi connectivity index (χ1) is 29.0. The van der Waals surface area contributed by atoms with Crippen molar-refractivity contribution in [1.82, 2.24) is 9.13 Å². The molecular weight excluding hydrogens is 750 g/mol. The lowest BCUT2D eigenvalue weighted by atomic mass is 9.75. The van der Waals surface area contributed by atoms with Gasteiger partial charge in [-0.2, -0.15) is 0 Å². The highest BCUT2D eigenvalue weighted by atomic mass is 16.8. The zero-order valence-corrected chi connectivity index (χ0v) is 35.9. The molecule has 0 atom stereocenters. The summed E-state index contributed by atoms with van der Waals surface area (Å²) in [6.45, 7) is 11.8. The normalized spacial score (nSPS) is 14.1. The Kier molecular flexibility index (Phi) is 12.6. The number of hydrogen-bond acceptors (Lipinski definition) is 6. The SMILES string of the molecule is CC(C)n1cc[n+](C(C)C)c1[B-]1(Oc2ccccc2O[B-]2(c3n(C(C)C)cc[n+]3C(C)C)Oc3ccccc3O2)Oc2ccccc2O1.c1ccccc1.c1ccccc1. The average Bonchev–Trinajstić information content (AvgIpc) is 4.06. The molecule has 2 aromatic heterocycles. The van der Waals surface area contributed by atoms with Crippen LogP contribution in [0, 0.1) is 0 Å². The molecule has 0 radical (unpaired) electrons. The van der Waals surface area contributed by atoms with Crippen molar-refractivity contribution >= 4 is 25.0 Å². The van der Waals surface area contributed by atoms with E-state index in [4.69, 9.17) is 27.9 Å². The molecule has 9 rings (SSSR count). The quantitative estimate of drug-likeness (QED) is 0.102. The maximum atomic E-state index is 7.04. The van der Waals surface area contributed by atoms with Gasteiger partial charge in [-0.3, -0.25) is 18.3 Å². The molecule has 0 bridgehead atoms. The summed E-state index contributed by atoms with van der Waals surface area (Å²) in [7, 11) is 0. The molecule has 10 nitrogen and oxygen atoms in total. The van der Waals surface area contributed by atoms with E-state index in [0.717, 1.165) is 11.4 Å². The van der Waals surface area contributed by atoms with Crippen LogP contribution in [0.25, 0.3) is 0 Å². The zero-order valence-electron chi connectivity index (χ0n) is 35.9. The van der Waals surface area contributed by atoms with Crippen molar-refractivity contribution in [2.45, 2.75) is 79.6 Å². The first-order valence-corrected chi connectivity index (χ1v) is 20.9. The van der Waals surface area contributed by atoms with Crippen molar-refractivity contribution in [2.24, 2.45) is 0 Å². The molecule has 2 aliphatic heterocycles. The van der Waals surface area contributed by atoms with Crippen LogP contribution in [0.3, 0.4) is 0 Å². The maximum absolute atomic E-state index is 7.04. The molecule has 0 unspecified atom stereocenters. The topological polar surface area (TPSA) is 73.0 Å². The molecule has 2 aliphatic rings. The van der Waals surface area contributed by atoms with Crippen LogP contribution >= 0.6 is 0 Å². The third kappa shape index (κ3) is 8.73. The van der Waals surface area contributed by atoms with E-state index in [2.05, 4.69) is 73.7 Å². The minimum absolute atomic E-state index is 0.102. The molecule has 0 N–H and O–H groups in total. The van der Waals surface area contributed by atoms with Gasteiger partial charge in [-0.25, -0.2) is 0 Å². The third-order valence-corrected chi connectivity index (χ3v) is 10.3. The highest BCUT2D eigenvalue weighted by molar-refractivity contribution is 6.77. The monoisotopic (exact) mass is 806 g/mol. The molecule has 4 heterocycles. The molecule has 0 fully saturated rings. The van der Waals surface area contributed by atoms with E-state index < -0.39 is 13.5 Å². The maximum Gasteiger partial charge on any atom is 0.660 e. The van der Waals surface area contributed by atoms with Gasteiger partial charge < -0.3 is 27.9 Å². The van der Waals surface area contributed by atoms with Crippen molar-refractivity contribution in [2.75, 3.05) is 0 Å². The molecule has 7 aromatic rings. The standard InChI is InChI=1S/C36H44B2N4O6.2C6H6/c1-25(2)39-21-22-40(26(3)4)35(39)37(43-29-15-9-10-16-30(29)44-37)47-33-19-13-14-20-34(33)48-38(45-31-17-11-12-18-32(31)46-38)36-41(27(5)6)23-24-42(36)28(7)8;2*1-2-4-6-5-3-1/h9-28H,1-8H3;2*1-6H. The van der Waals surface area contributed by atoms with Gasteiger partial charge >= 0.3 is 13.5 Å². The third-order valence-electron chi connectivity index (χ3n) is 10.3. The van der Waals surface area contributed by atoms with E-state index in [1.165, 1.54) is 0 Å². The van der Waals surface area contributed by atoms with Crippen LogP contribution in [-0.2, 0) is 0 Å². The molecule has 5 aromatic carbocycles. The van der Waals surface area contributed by atoms with Crippen LogP contribution in [0.15, 0.2) is 170 Å². The lowest BCUT2D eigenvalue weighted by Gasteiger charge is -2.38. The first kappa shape index (κ1) is 41.6. The number of nitrogens with zero attached hydrogens (tertiary/aromatic N) is 4. The Morgan fingerprint density at radius 3 is 0.917 bits per heavy atom. The number of benzene rings is 5. The second-order valence-electron chi connectivity index (χ2n) is 16.0. The van der Waals surface area contributed by atoms with E-state index in [1.807, 2.05) is 170 Å². The molecule has 60 heavy (non-hydrogen) atoms. The molecule has 310 valence electrons. The van der Waals surface area contributed by atoms with Gasteiger partial charge in [0.05, 0.1) is 24.2 Å². The number of hydrogen-bond donors (Lipinski definition) is 0. The predicted octanol–water partition coefficient (Wildman–Crippen LogP) is 8.95. The summed E-state index contributed by atoms with van der Waals surface area (Å²) in [6.07, 6.45) is 8.19. The molecular formula is C48H56B2N4O6. The molecule has 0 saturated carbocycles. The summed E-state index contributed by atoms with van der Waals surface area (Å²) >= 11 is 0. The fourth-order valence-electron chi connectivity index (χ4n) is 7.50. The first-order valence-electron chi connectivity index (χ1n) is 20.9. The Balaban J connectivity index is 0.000000390. The van der Waals surface area contributed by atoms with Crippen molar-refractivity contribution < 1.29 is 37.1 Å². The Morgan fingerprint density at radius 2 is 0.667 bits per heavy atom. The fourth-order valence-corrected chi connectivity index (χ4v) is 7.50. The lowest BCUT2D eigenvalue weighted by molar-refractivity contribution is -0.700. The summed E-state index contributed by atoms with van der Waals surface area (Å²) in [5.41, 5.74) is 1.52. The van der Waals surface area contributed by atoms with Crippen molar-refractivity contribution in [1.29, 1.82) is 0 Å². The van der Waals surface area contributed by atoms with Gasteiger partial charge in [-0.05, 0) is 91.8 Å². The van der Waals surface area contributed by atoms with Gasteiger partial charge in [0.15, 0.2) is 0 Å². The van der Waals surface area contributed by atoms with Gasteiger partial charge in [-0.15, -0.1) is 0 Å². The van der Waals surface area contributed by atoms with E-state index >= 15 is 0 Å². The molecule has 0 aliphatic carbocycles. The molecule has 12 heteroatoms. The van der Waals surface area contributed by atoms with Gasteiger partial charge in [-0.1, -0.05) is 109 Å². The van der Waals surface area contributed by atoms with Crippen LogP contribution in [-0.4, -0.2) is 22.6 Å². The summed E-state index contributed by atoms with van der Waals surface area (Å²) in [4.78, 5) is 0. The Morgan fingerprint density at radius 1 is 0.400 bits per heavy atom. The second kappa shape index (κ2) is 18.2. The number of imidazole rings is 2. The Hall–Kier alpha value is -6.55. The largest absolute Gasteiger partial charge is 0.660 e. The smallest absolute Gasteiger partial charge is 0.638 e. The van der Waals surface area contributed by atoms with E-state index in [-0.39, 0.29) is 24.2 Å². The van der Waals surface area contributed by atoms with Crippen LogP contribution < -0.4 is 48.5 Å². The minimum Gasteiger partial charge on any atom is -0.638 e. The molecule has 0 spiro atoms. The minimum atomic E-state index is -2.62. The molecule has 0 saturated heterocycles. The van der Waals surface area contributed by atoms with Crippen molar-refractivity contribution in [3.8, 4) is 34.5 Å². The van der Waals surface area contributed by atoms with Crippen molar-refractivity contribution in [3.63, 3.8) is 0 Å². The summed E-state index contributed by atoms with van der Waals surface area (Å²) in [5.74, 6) is 3.26. The summed E-state index contributed by atoms with van der Waals surface area (Å²) in [6, 6.07) is 47.2. The number of fused-ring (bicyclic) bond motifs is 2. The van der Waals surface area contributed by atoms with Gasteiger partial charge in [0.2, 0.25) is 11.4 Å². The van der Waals surface area contributed by atoms with Crippen molar-refractivity contribution in [3.05, 3.63) is 170 Å². The zero-order chi connectivity index (χ0) is 42.3. The lowest BCUT2D eigenvalue weighted by Crippen LogP contribution is -2.75. The van der Waals surface area contributed by atoms with Gasteiger partial charge in [0.25, 0.3) is 0 Å². The number of aromatic nitrogens is 4. The average molecular weight is 807 g/mol. The Bertz CT molecular complexity index is 2130. The Labute approximate surface area is 354 Å². The van der Waals surface area contributed by atoms with Gasteiger partial charge in [0, 0.05) is 0 Å². The number of rotatable bonds is 10. The predicted molar refractivity (Wildman–Crippen MR) is 238 cm³/mol. The van der Waals surface area contributed by atoms with Crippen LogP contribution in [0.2, 0.25) is 0 Å². The van der Waals surface area contributed by atoms with Crippen LogP contribution in [0.5, 0.6) is 34.5 Å². The summed E-state index contributed by atoms with van der Waals surface area (Å²) in [5, 5.41) is 0. The van der Waals surface area contributed by atoms with Gasteiger partial charge in [0.1, 0.15) is 59.3 Å². The highest BCUT2D eigenvalue weighted by Crippen LogP contribution is 2.42. The van der Waals surface area contributed by atoms with Crippen LogP contribution in [0.4, 0.5) is 0 Å².